The van der Waals surface area contributed by atoms with Crippen LogP contribution in [-0.4, -0.2) is 40.1 Å². The highest BCUT2D eigenvalue weighted by Crippen LogP contribution is 2.30. The Hall–Kier alpha value is -3.26. The van der Waals surface area contributed by atoms with Crippen LogP contribution in [-0.2, 0) is 0 Å². The molecule has 0 radical (unpaired) electrons. The minimum Gasteiger partial charge on any atom is -0.324 e. The van der Waals surface area contributed by atoms with Crippen molar-refractivity contribution < 1.29 is 9.59 Å². The standard InChI is InChI=1S/C24H27N5O2S/c1-15-9-11-19(12-10-15)25-21(30)23-28-27-22(32-23)18-7-5-13-29(14-18)24(31)26-20-8-4-6-16(2)17(20)3/h4,6,8-12,18H,5,7,13-14H2,1-3H3,(H,25,30)(H,26,31)/t18-/m0/s1. The highest BCUT2D eigenvalue weighted by atomic mass is 32.1. The van der Waals surface area contributed by atoms with Crippen LogP contribution in [0, 0.1) is 20.8 Å². The Labute approximate surface area is 191 Å². The molecule has 1 aromatic heterocycles. The van der Waals surface area contributed by atoms with Crippen LogP contribution in [0.5, 0.6) is 0 Å². The number of urea groups is 1. The molecule has 2 aromatic carbocycles. The van der Waals surface area contributed by atoms with E-state index >= 15 is 0 Å². The molecule has 166 valence electrons. The summed E-state index contributed by atoms with van der Waals surface area (Å²) in [6, 6.07) is 13.4. The third kappa shape index (κ3) is 4.96. The molecule has 0 saturated carbocycles. The molecule has 1 aliphatic rings. The third-order valence-corrected chi connectivity index (χ3v) is 6.93. The highest BCUT2D eigenvalue weighted by molar-refractivity contribution is 7.13. The summed E-state index contributed by atoms with van der Waals surface area (Å²) in [6.07, 6.45) is 1.80. The average Bonchev–Trinajstić information content (AvgIpc) is 3.29. The summed E-state index contributed by atoms with van der Waals surface area (Å²) >= 11 is 1.30. The maximum Gasteiger partial charge on any atom is 0.321 e. The lowest BCUT2D eigenvalue weighted by atomic mass is 9.99. The number of aryl methyl sites for hydroxylation is 2. The van der Waals surface area contributed by atoms with Crippen molar-refractivity contribution in [2.45, 2.75) is 39.5 Å². The monoisotopic (exact) mass is 449 g/mol. The molecular weight excluding hydrogens is 422 g/mol. The summed E-state index contributed by atoms with van der Waals surface area (Å²) in [5.41, 5.74) is 4.91. The topological polar surface area (TPSA) is 87.2 Å². The quantitative estimate of drug-likeness (QED) is 0.578. The molecule has 0 bridgehead atoms. The number of amides is 3. The molecule has 1 aliphatic heterocycles. The van der Waals surface area contributed by atoms with Crippen LogP contribution in [0.4, 0.5) is 16.2 Å². The lowest BCUT2D eigenvalue weighted by Crippen LogP contribution is -2.41. The highest BCUT2D eigenvalue weighted by Gasteiger charge is 2.28. The van der Waals surface area contributed by atoms with Gasteiger partial charge in [-0.2, -0.15) is 0 Å². The SMILES string of the molecule is Cc1ccc(NC(=O)c2nnc([C@H]3CCCN(C(=O)Nc4cccc(C)c4C)C3)s2)cc1. The van der Waals surface area contributed by atoms with Crippen LogP contribution >= 0.6 is 11.3 Å². The summed E-state index contributed by atoms with van der Waals surface area (Å²) in [7, 11) is 0. The van der Waals surface area contributed by atoms with E-state index in [2.05, 4.69) is 20.8 Å². The zero-order valence-corrected chi connectivity index (χ0v) is 19.3. The molecule has 1 fully saturated rings. The number of nitrogens with one attached hydrogen (secondary N) is 2. The molecule has 0 aliphatic carbocycles. The summed E-state index contributed by atoms with van der Waals surface area (Å²) in [5, 5.41) is 15.4. The first-order valence-corrected chi connectivity index (χ1v) is 11.6. The van der Waals surface area contributed by atoms with E-state index in [-0.39, 0.29) is 17.9 Å². The van der Waals surface area contributed by atoms with Crippen molar-refractivity contribution in [1.29, 1.82) is 0 Å². The molecule has 0 unspecified atom stereocenters. The molecule has 1 atom stereocenters. The molecule has 2 heterocycles. The first-order valence-electron chi connectivity index (χ1n) is 10.7. The van der Waals surface area contributed by atoms with E-state index in [1.54, 1.807) is 0 Å². The number of anilines is 2. The molecule has 2 N–H and O–H groups in total. The first-order chi connectivity index (χ1) is 15.4. The smallest absolute Gasteiger partial charge is 0.321 e. The lowest BCUT2D eigenvalue weighted by molar-refractivity contribution is 0.102. The van der Waals surface area contributed by atoms with E-state index in [9.17, 15) is 9.59 Å². The van der Waals surface area contributed by atoms with Gasteiger partial charge in [0.15, 0.2) is 0 Å². The van der Waals surface area contributed by atoms with Gasteiger partial charge in [0.25, 0.3) is 5.91 Å². The van der Waals surface area contributed by atoms with Crippen molar-refractivity contribution in [3.63, 3.8) is 0 Å². The zero-order chi connectivity index (χ0) is 22.7. The van der Waals surface area contributed by atoms with Crippen molar-refractivity contribution in [3.8, 4) is 0 Å². The van der Waals surface area contributed by atoms with Crippen LogP contribution in [0.15, 0.2) is 42.5 Å². The number of nitrogens with zero attached hydrogens (tertiary/aromatic N) is 3. The summed E-state index contributed by atoms with van der Waals surface area (Å²) in [6.45, 7) is 7.30. The lowest BCUT2D eigenvalue weighted by Gasteiger charge is -2.31. The van der Waals surface area contributed by atoms with Gasteiger partial charge < -0.3 is 15.5 Å². The van der Waals surface area contributed by atoms with E-state index < -0.39 is 0 Å². The number of benzene rings is 2. The maximum absolute atomic E-state index is 12.9. The fourth-order valence-corrected chi connectivity index (χ4v) is 4.62. The van der Waals surface area contributed by atoms with E-state index in [1.807, 2.05) is 68.1 Å². The van der Waals surface area contributed by atoms with Crippen LogP contribution in [0.25, 0.3) is 0 Å². The maximum atomic E-state index is 12.9. The zero-order valence-electron chi connectivity index (χ0n) is 18.5. The first kappa shape index (κ1) is 22.0. The Morgan fingerprint density at radius 2 is 1.81 bits per heavy atom. The van der Waals surface area contributed by atoms with E-state index in [1.165, 1.54) is 11.3 Å². The third-order valence-electron chi connectivity index (χ3n) is 5.85. The van der Waals surface area contributed by atoms with Crippen molar-refractivity contribution in [3.05, 3.63) is 69.2 Å². The summed E-state index contributed by atoms with van der Waals surface area (Å²) in [4.78, 5) is 27.2. The normalized spacial score (nSPS) is 16.0. The van der Waals surface area contributed by atoms with E-state index in [0.29, 0.717) is 18.1 Å². The number of carbonyl (C=O) groups excluding carboxylic acids is 2. The van der Waals surface area contributed by atoms with Crippen LogP contribution in [0.2, 0.25) is 0 Å². The number of hydrogen-bond acceptors (Lipinski definition) is 5. The van der Waals surface area contributed by atoms with Crippen molar-refractivity contribution in [2.24, 2.45) is 0 Å². The largest absolute Gasteiger partial charge is 0.324 e. The van der Waals surface area contributed by atoms with Gasteiger partial charge in [0.1, 0.15) is 5.01 Å². The number of hydrogen-bond donors (Lipinski definition) is 2. The second-order valence-electron chi connectivity index (χ2n) is 8.23. The van der Waals surface area contributed by atoms with Crippen molar-refractivity contribution in [1.82, 2.24) is 15.1 Å². The fourth-order valence-electron chi connectivity index (χ4n) is 3.76. The van der Waals surface area contributed by atoms with Crippen LogP contribution in [0.3, 0.4) is 0 Å². The van der Waals surface area contributed by atoms with Gasteiger partial charge in [0.05, 0.1) is 0 Å². The number of carbonyl (C=O) groups is 2. The average molecular weight is 450 g/mol. The molecule has 8 heteroatoms. The van der Waals surface area contributed by atoms with Gasteiger partial charge in [0.2, 0.25) is 5.01 Å². The molecule has 4 rings (SSSR count). The van der Waals surface area contributed by atoms with Gasteiger partial charge in [-0.3, -0.25) is 4.79 Å². The van der Waals surface area contributed by atoms with Gasteiger partial charge in [-0.15, -0.1) is 10.2 Å². The molecular formula is C24H27N5O2S. The molecule has 0 spiro atoms. The van der Waals surface area contributed by atoms with E-state index in [4.69, 9.17) is 0 Å². The number of aromatic nitrogens is 2. The number of piperidine rings is 1. The van der Waals surface area contributed by atoms with Crippen LogP contribution < -0.4 is 10.6 Å². The predicted molar refractivity (Wildman–Crippen MR) is 128 cm³/mol. The second-order valence-corrected chi connectivity index (χ2v) is 9.24. The Morgan fingerprint density at radius 3 is 2.59 bits per heavy atom. The number of likely N-dealkylation sites (tertiary alicyclic amines) is 1. The summed E-state index contributed by atoms with van der Waals surface area (Å²) in [5.74, 6) is -0.190. The van der Waals surface area contributed by atoms with Crippen LogP contribution in [0.1, 0.15) is 50.3 Å². The Kier molecular flexibility index (Phi) is 6.50. The summed E-state index contributed by atoms with van der Waals surface area (Å²) < 4.78 is 0. The fraction of sp³-hybridized carbons (Fsp3) is 0.333. The molecule has 7 nitrogen and oxygen atoms in total. The minimum absolute atomic E-state index is 0.0755. The minimum atomic E-state index is -0.266. The Bertz CT molecular complexity index is 1130. The van der Waals surface area contributed by atoms with Crippen molar-refractivity contribution >= 4 is 34.6 Å². The molecule has 3 aromatic rings. The van der Waals surface area contributed by atoms with E-state index in [0.717, 1.165) is 45.9 Å². The second kappa shape index (κ2) is 9.48. The molecule has 1 saturated heterocycles. The van der Waals surface area contributed by atoms with Gasteiger partial charge in [-0.05, 0) is 62.9 Å². The molecule has 32 heavy (non-hydrogen) atoms. The Morgan fingerprint density at radius 1 is 1.03 bits per heavy atom. The van der Waals surface area contributed by atoms with Gasteiger partial charge in [0, 0.05) is 30.4 Å². The van der Waals surface area contributed by atoms with Crippen molar-refractivity contribution in [2.75, 3.05) is 23.7 Å². The van der Waals surface area contributed by atoms with Gasteiger partial charge in [-0.1, -0.05) is 41.2 Å². The predicted octanol–water partition coefficient (Wildman–Crippen LogP) is 5.13. The van der Waals surface area contributed by atoms with Gasteiger partial charge in [-0.25, -0.2) is 4.79 Å². The van der Waals surface area contributed by atoms with Gasteiger partial charge >= 0.3 is 6.03 Å². The molecule has 3 amide bonds. The number of rotatable bonds is 4. The Balaban J connectivity index is 1.39.